The zero-order valence-corrected chi connectivity index (χ0v) is 24.1. The van der Waals surface area contributed by atoms with E-state index in [9.17, 15) is 0 Å². The Kier molecular flexibility index (Phi) is 9.23. The summed E-state index contributed by atoms with van der Waals surface area (Å²) in [7, 11) is 1.54. The van der Waals surface area contributed by atoms with Crippen LogP contribution in [0.25, 0.3) is 0 Å². The Morgan fingerprint density at radius 2 is 1.17 bits per heavy atom. The Hall–Kier alpha value is -1.92. The number of benzene rings is 4. The molecule has 0 spiro atoms. The van der Waals surface area contributed by atoms with Gasteiger partial charge in [0.2, 0.25) is 0 Å². The van der Waals surface area contributed by atoms with Crippen LogP contribution >= 0.6 is 18.3 Å². The molecule has 4 rings (SSSR count). The maximum atomic E-state index is 6.09. The monoisotopic (exact) mass is 584 g/mol. The van der Waals surface area contributed by atoms with Crippen LogP contribution in [0.5, 0.6) is 5.75 Å². The third kappa shape index (κ3) is 6.45. The molecule has 35 heavy (non-hydrogen) atoms. The molecule has 0 saturated heterocycles. The quantitative estimate of drug-likeness (QED) is 0.120. The topological polar surface area (TPSA) is 27.7 Å². The molecule has 4 aromatic carbocycles. The molecule has 0 aliphatic heterocycles. The zero-order chi connectivity index (χ0) is 24.6. The van der Waals surface area contributed by atoms with Gasteiger partial charge in [-0.25, -0.2) is 0 Å². The normalized spacial score (nSPS) is 13.2. The van der Waals surface area contributed by atoms with Crippen molar-refractivity contribution in [3.05, 3.63) is 120 Å². The minimum absolute atomic E-state index is 0.457. The molecule has 0 heterocycles. The summed E-state index contributed by atoms with van der Waals surface area (Å²) in [4.78, 5) is 0. The number of hydrogen-bond acceptors (Lipinski definition) is 4. The summed E-state index contributed by atoms with van der Waals surface area (Å²) in [5, 5.41) is 1.65. The fourth-order valence-electron chi connectivity index (χ4n) is 4.36. The molecular formula is C28H28ClGeO3PS. The molecule has 180 valence electrons. The van der Waals surface area contributed by atoms with Crippen molar-refractivity contribution < 1.29 is 13.6 Å². The fraction of sp³-hybridized carbons (Fsp3) is 0.143. The van der Waals surface area contributed by atoms with Crippen molar-refractivity contribution in [2.24, 2.45) is 0 Å². The third-order valence-electron chi connectivity index (χ3n) is 6.00. The van der Waals surface area contributed by atoms with Crippen molar-refractivity contribution in [3.8, 4) is 5.75 Å². The molecule has 0 N–H and O–H groups in total. The van der Waals surface area contributed by atoms with E-state index in [1.54, 1.807) is 24.3 Å². The molecule has 1 unspecified atom stereocenters. The number of hydrogen-bond donors (Lipinski definition) is 0. The molecule has 3 nitrogen and oxygen atoms in total. The van der Waals surface area contributed by atoms with Gasteiger partial charge in [-0.05, 0) is 0 Å². The molecular weight excluding hydrogens is 555 g/mol. The van der Waals surface area contributed by atoms with E-state index in [-0.39, 0.29) is 0 Å². The Balaban J connectivity index is 1.58. The predicted molar refractivity (Wildman–Crippen MR) is 153 cm³/mol. The third-order valence-corrected chi connectivity index (χ3v) is 19.2. The van der Waals surface area contributed by atoms with Gasteiger partial charge in [-0.2, -0.15) is 0 Å². The summed E-state index contributed by atoms with van der Waals surface area (Å²) in [5.74, 6) is 0.587. The molecule has 0 aliphatic carbocycles. The van der Waals surface area contributed by atoms with Gasteiger partial charge in [0.1, 0.15) is 0 Å². The molecule has 0 amide bonds. The first-order chi connectivity index (χ1) is 17.1. The maximum absolute atomic E-state index is 6.09. The summed E-state index contributed by atoms with van der Waals surface area (Å²) in [6.45, 7) is -2.47. The van der Waals surface area contributed by atoms with E-state index >= 15 is 0 Å². The molecule has 0 aliphatic rings. The summed E-state index contributed by atoms with van der Waals surface area (Å²) in [5.41, 5.74) is 0. The van der Waals surface area contributed by atoms with Crippen LogP contribution in [-0.4, -0.2) is 27.0 Å². The molecule has 0 saturated carbocycles. The van der Waals surface area contributed by atoms with Gasteiger partial charge in [0.15, 0.2) is 0 Å². The molecule has 1 atom stereocenters. The van der Waals surface area contributed by atoms with Crippen LogP contribution in [0.1, 0.15) is 6.42 Å². The second-order valence-corrected chi connectivity index (χ2v) is 20.1. The van der Waals surface area contributed by atoms with Crippen LogP contribution in [0, 0.1) is 0 Å². The first-order valence-electron chi connectivity index (χ1n) is 11.5. The van der Waals surface area contributed by atoms with Crippen molar-refractivity contribution in [1.82, 2.24) is 0 Å². The molecule has 4 aromatic rings. The van der Waals surface area contributed by atoms with Crippen molar-refractivity contribution in [2.45, 2.75) is 11.7 Å². The van der Waals surface area contributed by atoms with Crippen LogP contribution in [0.3, 0.4) is 0 Å². The zero-order valence-electron chi connectivity index (χ0n) is 19.5. The van der Waals surface area contributed by atoms with Gasteiger partial charge in [-0.3, -0.25) is 0 Å². The summed E-state index contributed by atoms with van der Waals surface area (Å²) >= 11 is 8.62. The van der Waals surface area contributed by atoms with Crippen molar-refractivity contribution in [1.29, 1.82) is 0 Å². The van der Waals surface area contributed by atoms with Gasteiger partial charge in [0.25, 0.3) is 0 Å². The van der Waals surface area contributed by atoms with E-state index in [2.05, 4.69) is 91.0 Å². The van der Waals surface area contributed by atoms with Crippen LogP contribution in [0.15, 0.2) is 115 Å². The first-order valence-corrected chi connectivity index (χ1v) is 19.0. The number of rotatable bonds is 11. The van der Waals surface area contributed by atoms with Crippen molar-refractivity contribution in [2.75, 3.05) is 13.7 Å². The van der Waals surface area contributed by atoms with E-state index in [0.29, 0.717) is 17.4 Å². The van der Waals surface area contributed by atoms with Crippen molar-refractivity contribution in [3.63, 3.8) is 0 Å². The second kappa shape index (κ2) is 12.4. The van der Waals surface area contributed by atoms with E-state index in [1.807, 2.05) is 0 Å². The van der Waals surface area contributed by atoms with Crippen LogP contribution in [0.2, 0.25) is 10.3 Å². The average molecular weight is 584 g/mol. The van der Waals surface area contributed by atoms with E-state index in [1.165, 1.54) is 20.3 Å². The Morgan fingerprint density at radius 1 is 0.714 bits per heavy atom. The Bertz CT molecular complexity index is 1150. The molecule has 0 aromatic heterocycles. The van der Waals surface area contributed by atoms with E-state index in [0.717, 1.165) is 11.7 Å². The average Bonchev–Trinajstić information content (AvgIpc) is 2.92. The van der Waals surface area contributed by atoms with Crippen LogP contribution in [-0.2, 0) is 20.9 Å². The van der Waals surface area contributed by atoms with Gasteiger partial charge in [-0.1, -0.05) is 0 Å². The summed E-state index contributed by atoms with van der Waals surface area (Å²) in [6, 6.07) is 39.8. The summed E-state index contributed by atoms with van der Waals surface area (Å²) < 4.78 is 21.8. The van der Waals surface area contributed by atoms with Crippen molar-refractivity contribution >= 4 is 56.6 Å². The van der Waals surface area contributed by atoms with Gasteiger partial charge in [0, 0.05) is 0 Å². The van der Waals surface area contributed by atoms with E-state index < -0.39 is 20.0 Å². The van der Waals surface area contributed by atoms with Gasteiger partial charge in [0.05, 0.1) is 0 Å². The van der Waals surface area contributed by atoms with Gasteiger partial charge < -0.3 is 0 Å². The molecule has 7 heteroatoms. The van der Waals surface area contributed by atoms with Gasteiger partial charge in [-0.15, -0.1) is 0 Å². The predicted octanol–water partition coefficient (Wildman–Crippen LogP) is 6.17. The second-order valence-electron chi connectivity index (χ2n) is 8.12. The van der Waals surface area contributed by atoms with Gasteiger partial charge >= 0.3 is 222 Å². The first kappa shape index (κ1) is 26.2. The molecule has 0 radical (unpaired) electrons. The standard InChI is InChI=1S/C28H28ClGeO3PS/c1-31-34(35,33-28-20-18-24(29)19-21-28)32-23-11-22-30(25-12-5-2-6-13-25,26-14-7-3-8-15-26)27-16-9-4-10-17-27/h2-10,12-21H,11,22-23H2,1H3. The van der Waals surface area contributed by atoms with E-state index in [4.69, 9.17) is 37.0 Å². The Morgan fingerprint density at radius 3 is 1.60 bits per heavy atom. The van der Waals surface area contributed by atoms with Crippen LogP contribution in [0.4, 0.5) is 0 Å². The number of halogens is 1. The molecule has 0 bridgehead atoms. The minimum atomic E-state index is -3.00. The molecule has 0 fully saturated rings. The fourth-order valence-corrected chi connectivity index (χ4v) is 16.1. The SMILES string of the molecule is COP(=S)(OCC[CH2][Ge]([c]1ccccc1)([c]1ccccc1)[c]1ccccc1)Oc1ccc(Cl)cc1. The summed E-state index contributed by atoms with van der Waals surface area (Å²) in [6.07, 6.45) is 0.838. The Labute approximate surface area is 220 Å². The van der Waals surface area contributed by atoms with Crippen LogP contribution < -0.4 is 17.7 Å².